The van der Waals surface area contributed by atoms with Crippen molar-refractivity contribution in [2.24, 2.45) is 0 Å². The van der Waals surface area contributed by atoms with E-state index in [0.29, 0.717) is 34.9 Å². The van der Waals surface area contributed by atoms with Crippen molar-refractivity contribution in [1.29, 1.82) is 0 Å². The van der Waals surface area contributed by atoms with Crippen LogP contribution in [0.3, 0.4) is 0 Å². The Morgan fingerprint density at radius 1 is 0.144 bits per heavy atom. The van der Waals surface area contributed by atoms with Crippen LogP contribution in [0.4, 0.5) is 0 Å². The van der Waals surface area contributed by atoms with Gasteiger partial charge in [0.05, 0.1) is 22.1 Å². The van der Waals surface area contributed by atoms with Gasteiger partial charge in [-0.15, -0.1) is 0 Å². The van der Waals surface area contributed by atoms with Crippen LogP contribution in [0, 0.1) is 0 Å². The zero-order valence-electron chi connectivity index (χ0n) is 63.5. The zero-order chi connectivity index (χ0) is 77.7. The number of fused-ring (bicyclic) bond motifs is 18. The molecule has 0 amide bonds. The van der Waals surface area contributed by atoms with Gasteiger partial charge in [0, 0.05) is 87.8 Å². The summed E-state index contributed by atoms with van der Waals surface area (Å²) in [5.41, 5.74) is 23.1. The van der Waals surface area contributed by atoms with Crippen molar-refractivity contribution in [3.8, 4) is 113 Å². The van der Waals surface area contributed by atoms with E-state index >= 15 is 0 Å². The quantitative estimate of drug-likeness (QED) is 0.118. The second-order valence-electron chi connectivity index (χ2n) is 30.0. The standard InChI is InChI=1S/C57H34N4O.C51H32N4O/c1-3-13-35(14-4-1)55-58-56(36-15-5-2-6-16-36)60-57(59-55)39-23-27-43-41-17-7-8-18-42(41)44-28-26-40(34-48(44)47(43)33-39)61-51-21-11-9-19-45(51)49-31-37(24-29-52(49)61)38-25-30-54-50(32-38)46-20-10-12-22-53(46)62-54;1-3-11-35(12-4-1)49-52-50(36-13-5-2-6-14-36)54-51(53-49)37-21-19-33(20-22-37)34-23-27-40(28-24-34)55-45-17-9-7-15-41(45)43-31-38(25-29-46(43)55)39-26-30-48-44(32-39)42-16-8-10-18-47(42)56-48/h1-34H;1-32H. The molecule has 0 aliphatic carbocycles. The highest BCUT2D eigenvalue weighted by atomic mass is 16.3. The maximum atomic E-state index is 6.16. The molecule has 24 aromatic rings. The van der Waals surface area contributed by atoms with E-state index in [0.717, 1.165) is 122 Å². The number of hydrogen-bond donors (Lipinski definition) is 0. The van der Waals surface area contributed by atoms with Crippen LogP contribution in [0.5, 0.6) is 0 Å². The number of hydrogen-bond acceptors (Lipinski definition) is 8. The molecule has 0 saturated carbocycles. The van der Waals surface area contributed by atoms with Crippen molar-refractivity contribution in [3.05, 3.63) is 400 Å². The highest BCUT2D eigenvalue weighted by molar-refractivity contribution is 6.26. The van der Waals surface area contributed by atoms with Gasteiger partial charge in [-0.1, -0.05) is 297 Å². The summed E-state index contributed by atoms with van der Waals surface area (Å²) in [5.74, 6) is 3.87. The van der Waals surface area contributed by atoms with Crippen LogP contribution < -0.4 is 0 Å². The Kier molecular flexibility index (Phi) is 16.0. The normalized spacial score (nSPS) is 11.7. The maximum Gasteiger partial charge on any atom is 0.164 e. The van der Waals surface area contributed by atoms with E-state index in [1.165, 1.54) is 76.2 Å². The van der Waals surface area contributed by atoms with Gasteiger partial charge in [-0.05, 0) is 169 Å². The van der Waals surface area contributed by atoms with Crippen molar-refractivity contribution in [1.82, 2.24) is 39.0 Å². The highest BCUT2D eigenvalue weighted by Crippen LogP contribution is 2.44. The topological polar surface area (TPSA) is 113 Å². The SMILES string of the molecule is c1ccc(-c2nc(-c3ccccc3)nc(-c3ccc(-c4ccc(-n5c6ccccc6c6cc(-c7ccc8oc9ccccc9c8c7)ccc65)cc4)cc3)n2)cc1.c1ccc(-c2nc(-c3ccccc3)nc(-c3ccc4c5ccccc5c5ccc(-n6c7ccccc7c7cc(-c8ccc9oc%10ccccc%10c9c8)ccc76)cc5c4c3)n2)cc1. The van der Waals surface area contributed by atoms with Gasteiger partial charge in [0.25, 0.3) is 0 Å². The first-order valence-corrected chi connectivity index (χ1v) is 39.7. The number of para-hydroxylation sites is 4. The lowest BCUT2D eigenvalue weighted by Gasteiger charge is -2.15. The van der Waals surface area contributed by atoms with Crippen molar-refractivity contribution < 1.29 is 8.83 Å². The van der Waals surface area contributed by atoms with Crippen molar-refractivity contribution in [2.75, 3.05) is 0 Å². The summed E-state index contributed by atoms with van der Waals surface area (Å²) in [5, 5.41) is 16.5. The summed E-state index contributed by atoms with van der Waals surface area (Å²) in [6.45, 7) is 0. The molecule has 118 heavy (non-hydrogen) atoms. The van der Waals surface area contributed by atoms with Crippen LogP contribution in [-0.4, -0.2) is 39.0 Å². The van der Waals surface area contributed by atoms with Crippen LogP contribution in [0.25, 0.3) is 233 Å². The minimum atomic E-state index is 0.635. The molecule has 18 aromatic carbocycles. The molecule has 0 unspecified atom stereocenters. The monoisotopic (exact) mass is 1510 g/mol. The van der Waals surface area contributed by atoms with Crippen LogP contribution in [0.1, 0.15) is 0 Å². The number of aromatic nitrogens is 8. The molecule has 550 valence electrons. The molecule has 0 bridgehead atoms. The average Bonchev–Trinajstić information content (AvgIpc) is 1.46. The molecule has 24 rings (SSSR count). The van der Waals surface area contributed by atoms with E-state index < -0.39 is 0 Å². The number of rotatable bonds is 11. The van der Waals surface area contributed by atoms with Crippen LogP contribution in [0.15, 0.2) is 409 Å². The fraction of sp³-hybridized carbons (Fsp3) is 0. The molecule has 0 saturated heterocycles. The Bertz CT molecular complexity index is 7980. The lowest BCUT2D eigenvalue weighted by molar-refractivity contribution is 0.668. The number of benzene rings is 18. The molecule has 0 N–H and O–H groups in total. The fourth-order valence-electron chi connectivity index (χ4n) is 17.4. The highest BCUT2D eigenvalue weighted by Gasteiger charge is 2.22. The number of nitrogens with zero attached hydrogens (tertiary/aromatic N) is 8. The van der Waals surface area contributed by atoms with Gasteiger partial charge in [-0.2, -0.15) is 0 Å². The Balaban J connectivity index is 0.000000139. The summed E-state index contributed by atoms with van der Waals surface area (Å²) in [7, 11) is 0. The van der Waals surface area contributed by atoms with Gasteiger partial charge in [0.2, 0.25) is 0 Å². The van der Waals surface area contributed by atoms with Gasteiger partial charge < -0.3 is 18.0 Å². The summed E-state index contributed by atoms with van der Waals surface area (Å²) in [6.07, 6.45) is 0. The first-order chi connectivity index (χ1) is 58.4. The Morgan fingerprint density at radius 2 is 0.407 bits per heavy atom. The minimum Gasteiger partial charge on any atom is -0.456 e. The van der Waals surface area contributed by atoms with Gasteiger partial charge in [-0.25, -0.2) is 29.9 Å². The second kappa shape index (κ2) is 28.0. The fourth-order valence-corrected chi connectivity index (χ4v) is 17.4. The molecule has 0 spiro atoms. The summed E-state index contributed by atoms with van der Waals surface area (Å²) >= 11 is 0. The first kappa shape index (κ1) is 67.6. The largest absolute Gasteiger partial charge is 0.456 e. The molecule has 0 radical (unpaired) electrons. The Labute approximate surface area is 676 Å². The smallest absolute Gasteiger partial charge is 0.164 e. The predicted octanol–water partition coefficient (Wildman–Crippen LogP) is 28.2. The van der Waals surface area contributed by atoms with E-state index in [9.17, 15) is 0 Å². The molecular weight excluding hydrogens is 1440 g/mol. The Hall–Kier alpha value is -16.0. The van der Waals surface area contributed by atoms with Crippen LogP contribution in [-0.2, 0) is 0 Å². The molecule has 6 aromatic heterocycles. The molecule has 6 heterocycles. The molecule has 0 aliphatic heterocycles. The summed E-state index contributed by atoms with van der Waals surface area (Å²) in [4.78, 5) is 29.8. The predicted molar refractivity (Wildman–Crippen MR) is 484 cm³/mol. The average molecular weight is 1510 g/mol. The van der Waals surface area contributed by atoms with Gasteiger partial charge in [0.1, 0.15) is 22.3 Å². The van der Waals surface area contributed by atoms with Crippen molar-refractivity contribution in [2.45, 2.75) is 0 Å². The van der Waals surface area contributed by atoms with Crippen molar-refractivity contribution in [3.63, 3.8) is 0 Å². The maximum absolute atomic E-state index is 6.16. The van der Waals surface area contributed by atoms with Gasteiger partial charge in [0.15, 0.2) is 34.9 Å². The molecule has 0 aliphatic rings. The van der Waals surface area contributed by atoms with Gasteiger partial charge >= 0.3 is 0 Å². The van der Waals surface area contributed by atoms with Crippen molar-refractivity contribution >= 4 is 120 Å². The van der Waals surface area contributed by atoms with Gasteiger partial charge in [-0.3, -0.25) is 0 Å². The van der Waals surface area contributed by atoms with E-state index in [2.05, 4.69) is 264 Å². The Morgan fingerprint density at radius 3 is 0.847 bits per heavy atom. The first-order valence-electron chi connectivity index (χ1n) is 39.7. The zero-order valence-corrected chi connectivity index (χ0v) is 63.5. The lowest BCUT2D eigenvalue weighted by Crippen LogP contribution is -2.00. The third-order valence-corrected chi connectivity index (χ3v) is 23.1. The van der Waals surface area contributed by atoms with E-state index in [1.54, 1.807) is 0 Å². The molecular formula is C108H66N8O2. The van der Waals surface area contributed by atoms with E-state index in [-0.39, 0.29) is 0 Å². The molecule has 10 nitrogen and oxygen atoms in total. The summed E-state index contributed by atoms with van der Waals surface area (Å²) < 4.78 is 17.1. The van der Waals surface area contributed by atoms with Crippen LogP contribution in [0.2, 0.25) is 0 Å². The molecule has 10 heteroatoms. The third-order valence-electron chi connectivity index (χ3n) is 23.1. The third kappa shape index (κ3) is 11.7. The molecule has 0 atom stereocenters. The minimum absolute atomic E-state index is 0.635. The number of furan rings is 2. The molecule has 0 fully saturated rings. The van der Waals surface area contributed by atoms with Crippen LogP contribution >= 0.6 is 0 Å². The van der Waals surface area contributed by atoms with E-state index in [1.807, 2.05) is 146 Å². The van der Waals surface area contributed by atoms with E-state index in [4.69, 9.17) is 38.7 Å². The lowest BCUT2D eigenvalue weighted by atomic mass is 9.93. The summed E-state index contributed by atoms with van der Waals surface area (Å²) in [6, 6.07) is 141. The second-order valence-corrected chi connectivity index (χ2v) is 30.0.